The van der Waals surface area contributed by atoms with Gasteiger partial charge in [-0.15, -0.1) is 11.8 Å². The van der Waals surface area contributed by atoms with Crippen molar-refractivity contribution in [1.82, 2.24) is 10.2 Å². The van der Waals surface area contributed by atoms with Crippen LogP contribution in [0.1, 0.15) is 24.4 Å². The quantitative estimate of drug-likeness (QED) is 0.719. The molecule has 1 saturated heterocycles. The molecule has 0 saturated carbocycles. The van der Waals surface area contributed by atoms with Crippen LogP contribution in [0.15, 0.2) is 59.5 Å². The normalized spacial score (nSPS) is 15.6. The Kier molecular flexibility index (Phi) is 6.97. The predicted molar refractivity (Wildman–Crippen MR) is 107 cm³/mol. The van der Waals surface area contributed by atoms with E-state index in [1.807, 2.05) is 30.3 Å². The number of amides is 1. The van der Waals surface area contributed by atoms with Gasteiger partial charge in [0.2, 0.25) is 5.91 Å². The van der Waals surface area contributed by atoms with E-state index in [0.717, 1.165) is 23.7 Å². The highest BCUT2D eigenvalue weighted by atomic mass is 32.2. The number of methoxy groups -OCH3 is 1. The van der Waals surface area contributed by atoms with Crippen molar-refractivity contribution < 1.29 is 9.53 Å². The Hall–Kier alpha value is -1.98. The van der Waals surface area contributed by atoms with Gasteiger partial charge in [0, 0.05) is 11.4 Å². The molecule has 3 rings (SSSR count). The molecule has 1 heterocycles. The Morgan fingerprint density at radius 2 is 1.92 bits per heavy atom. The standard InChI is InChI=1S/C21H26N2O2S/c1-25-18-10-7-11-19(14-18)26-16-21(24)22-15-20(23-12-5-6-13-23)17-8-3-2-4-9-17/h2-4,7-11,14,20H,5-6,12-13,15-16H2,1H3,(H,22,24). The van der Waals surface area contributed by atoms with Crippen LogP contribution in [0.2, 0.25) is 0 Å². The summed E-state index contributed by atoms with van der Waals surface area (Å²) in [4.78, 5) is 15.9. The van der Waals surface area contributed by atoms with Crippen LogP contribution < -0.4 is 10.1 Å². The zero-order chi connectivity index (χ0) is 18.2. The van der Waals surface area contributed by atoms with Gasteiger partial charge < -0.3 is 10.1 Å². The van der Waals surface area contributed by atoms with Crippen molar-refractivity contribution in [3.8, 4) is 5.75 Å². The summed E-state index contributed by atoms with van der Waals surface area (Å²) in [6, 6.07) is 18.5. The summed E-state index contributed by atoms with van der Waals surface area (Å²) in [6.07, 6.45) is 2.48. The molecule has 138 valence electrons. The molecule has 1 unspecified atom stereocenters. The van der Waals surface area contributed by atoms with Crippen LogP contribution in [0.5, 0.6) is 5.75 Å². The molecule has 1 aliphatic heterocycles. The van der Waals surface area contributed by atoms with Gasteiger partial charge in [0.05, 0.1) is 18.9 Å². The Labute approximate surface area is 159 Å². The van der Waals surface area contributed by atoms with E-state index in [4.69, 9.17) is 4.74 Å². The number of nitrogens with one attached hydrogen (secondary N) is 1. The fraction of sp³-hybridized carbons (Fsp3) is 0.381. The first-order valence-corrected chi connectivity index (χ1v) is 10.1. The number of ether oxygens (including phenoxy) is 1. The van der Waals surface area contributed by atoms with Gasteiger partial charge in [0.25, 0.3) is 0 Å². The van der Waals surface area contributed by atoms with E-state index in [1.54, 1.807) is 7.11 Å². The molecule has 0 bridgehead atoms. The lowest BCUT2D eigenvalue weighted by molar-refractivity contribution is -0.118. The fourth-order valence-corrected chi connectivity index (χ4v) is 4.06. The molecule has 2 aromatic carbocycles. The molecule has 0 radical (unpaired) electrons. The molecule has 1 aliphatic rings. The summed E-state index contributed by atoms with van der Waals surface area (Å²) in [5, 5.41) is 3.12. The Morgan fingerprint density at radius 3 is 2.65 bits per heavy atom. The van der Waals surface area contributed by atoms with E-state index in [0.29, 0.717) is 12.3 Å². The van der Waals surface area contributed by atoms with Crippen molar-refractivity contribution in [1.29, 1.82) is 0 Å². The van der Waals surface area contributed by atoms with Crippen molar-refractivity contribution in [3.63, 3.8) is 0 Å². The number of carbonyl (C=O) groups excluding carboxylic acids is 1. The molecule has 1 fully saturated rings. The second-order valence-electron chi connectivity index (χ2n) is 6.44. The van der Waals surface area contributed by atoms with Gasteiger partial charge in [-0.2, -0.15) is 0 Å². The van der Waals surface area contributed by atoms with Crippen molar-refractivity contribution in [2.24, 2.45) is 0 Å². The van der Waals surface area contributed by atoms with E-state index in [2.05, 4.69) is 34.5 Å². The molecule has 0 spiro atoms. The largest absolute Gasteiger partial charge is 0.497 e. The molecule has 1 N–H and O–H groups in total. The first-order chi connectivity index (χ1) is 12.8. The van der Waals surface area contributed by atoms with Crippen molar-refractivity contribution in [2.45, 2.75) is 23.8 Å². The summed E-state index contributed by atoms with van der Waals surface area (Å²) in [7, 11) is 1.65. The van der Waals surface area contributed by atoms with Gasteiger partial charge in [-0.3, -0.25) is 9.69 Å². The van der Waals surface area contributed by atoms with Gasteiger partial charge in [-0.05, 0) is 49.7 Å². The molecule has 0 aromatic heterocycles. The summed E-state index contributed by atoms with van der Waals surface area (Å²) >= 11 is 1.53. The number of hydrogen-bond acceptors (Lipinski definition) is 4. The van der Waals surface area contributed by atoms with Gasteiger partial charge in [0.1, 0.15) is 5.75 Å². The Bertz CT molecular complexity index is 702. The topological polar surface area (TPSA) is 41.6 Å². The number of rotatable bonds is 8. The minimum Gasteiger partial charge on any atom is -0.497 e. The summed E-state index contributed by atoms with van der Waals surface area (Å²) in [5.41, 5.74) is 1.27. The fourth-order valence-electron chi connectivity index (χ4n) is 3.29. The number of thioether (sulfide) groups is 1. The van der Waals surface area contributed by atoms with E-state index in [1.165, 1.54) is 30.2 Å². The van der Waals surface area contributed by atoms with Crippen LogP contribution in [-0.2, 0) is 4.79 Å². The van der Waals surface area contributed by atoms with Gasteiger partial charge in [-0.1, -0.05) is 36.4 Å². The molecular formula is C21H26N2O2S. The number of nitrogens with zero attached hydrogens (tertiary/aromatic N) is 1. The monoisotopic (exact) mass is 370 g/mol. The zero-order valence-electron chi connectivity index (χ0n) is 15.2. The molecular weight excluding hydrogens is 344 g/mol. The molecule has 1 amide bonds. The van der Waals surface area contributed by atoms with Crippen LogP contribution in [0.4, 0.5) is 0 Å². The minimum absolute atomic E-state index is 0.0675. The number of likely N-dealkylation sites (tertiary alicyclic amines) is 1. The van der Waals surface area contributed by atoms with E-state index in [9.17, 15) is 4.79 Å². The van der Waals surface area contributed by atoms with Crippen molar-refractivity contribution in [2.75, 3.05) is 32.5 Å². The maximum atomic E-state index is 12.3. The first-order valence-electron chi connectivity index (χ1n) is 9.09. The lowest BCUT2D eigenvalue weighted by Gasteiger charge is -2.28. The average molecular weight is 371 g/mol. The number of benzene rings is 2. The van der Waals surface area contributed by atoms with Gasteiger partial charge >= 0.3 is 0 Å². The van der Waals surface area contributed by atoms with E-state index in [-0.39, 0.29) is 11.9 Å². The lowest BCUT2D eigenvalue weighted by Crippen LogP contribution is -2.37. The Balaban J connectivity index is 1.53. The third kappa shape index (κ3) is 5.26. The maximum Gasteiger partial charge on any atom is 0.230 e. The van der Waals surface area contributed by atoms with Gasteiger partial charge in [0.15, 0.2) is 0 Å². The smallest absolute Gasteiger partial charge is 0.230 e. The second kappa shape index (κ2) is 9.64. The number of carbonyl (C=O) groups is 1. The summed E-state index contributed by atoms with van der Waals surface area (Å²) in [5.74, 6) is 1.29. The van der Waals surface area contributed by atoms with Crippen LogP contribution in [-0.4, -0.2) is 43.3 Å². The predicted octanol–water partition coefficient (Wildman–Crippen LogP) is 3.74. The van der Waals surface area contributed by atoms with Crippen molar-refractivity contribution >= 4 is 17.7 Å². The molecule has 1 atom stereocenters. The summed E-state index contributed by atoms with van der Waals surface area (Å²) in [6.45, 7) is 2.86. The van der Waals surface area contributed by atoms with Gasteiger partial charge in [-0.25, -0.2) is 0 Å². The lowest BCUT2D eigenvalue weighted by atomic mass is 10.1. The molecule has 26 heavy (non-hydrogen) atoms. The van der Waals surface area contributed by atoms with Crippen LogP contribution in [0.25, 0.3) is 0 Å². The van der Waals surface area contributed by atoms with Crippen LogP contribution in [0.3, 0.4) is 0 Å². The van der Waals surface area contributed by atoms with Crippen LogP contribution in [0, 0.1) is 0 Å². The highest BCUT2D eigenvalue weighted by molar-refractivity contribution is 8.00. The molecule has 4 nitrogen and oxygen atoms in total. The highest BCUT2D eigenvalue weighted by Crippen LogP contribution is 2.25. The maximum absolute atomic E-state index is 12.3. The first kappa shape index (κ1) is 18.8. The SMILES string of the molecule is COc1cccc(SCC(=O)NCC(c2ccccc2)N2CCCC2)c1. The average Bonchev–Trinajstić information content (AvgIpc) is 3.22. The number of hydrogen-bond donors (Lipinski definition) is 1. The molecule has 2 aromatic rings. The molecule has 5 heteroatoms. The zero-order valence-corrected chi connectivity index (χ0v) is 16.0. The third-order valence-corrected chi connectivity index (χ3v) is 5.66. The van der Waals surface area contributed by atoms with Crippen molar-refractivity contribution in [3.05, 3.63) is 60.2 Å². The van der Waals surface area contributed by atoms with E-state index >= 15 is 0 Å². The van der Waals surface area contributed by atoms with Crippen LogP contribution >= 0.6 is 11.8 Å². The minimum atomic E-state index is 0.0675. The highest BCUT2D eigenvalue weighted by Gasteiger charge is 2.23. The second-order valence-corrected chi connectivity index (χ2v) is 7.49. The summed E-state index contributed by atoms with van der Waals surface area (Å²) < 4.78 is 5.23. The molecule has 0 aliphatic carbocycles. The van der Waals surface area contributed by atoms with E-state index < -0.39 is 0 Å². The Morgan fingerprint density at radius 1 is 1.15 bits per heavy atom. The third-order valence-electron chi connectivity index (χ3n) is 4.67.